The summed E-state index contributed by atoms with van der Waals surface area (Å²) >= 11 is 0. The highest BCUT2D eigenvalue weighted by atomic mass is 35.5. The van der Waals surface area contributed by atoms with Gasteiger partial charge in [0.25, 0.3) is 0 Å². The van der Waals surface area contributed by atoms with Crippen LogP contribution in [0.1, 0.15) is 76.8 Å². The van der Waals surface area contributed by atoms with Gasteiger partial charge in [-0.3, -0.25) is 0 Å². The van der Waals surface area contributed by atoms with Crippen molar-refractivity contribution in [3.63, 3.8) is 0 Å². The molecule has 0 unspecified atom stereocenters. The number of carbonyl (C=O) groups excluding carboxylic acids is 2. The topological polar surface area (TPSA) is 93.3 Å². The molecule has 0 aliphatic rings. The number of nitrogens with zero attached hydrogens (tertiary/aromatic N) is 1. The molecule has 0 saturated carbocycles. The number of rotatable bonds is 12. The Morgan fingerprint density at radius 3 is 2.11 bits per heavy atom. The van der Waals surface area contributed by atoms with E-state index in [1.807, 2.05) is 19.1 Å². The van der Waals surface area contributed by atoms with Gasteiger partial charge in [-0.2, -0.15) is 9.36 Å². The lowest BCUT2D eigenvalue weighted by molar-refractivity contribution is -0.579. The first kappa shape index (κ1) is 28.5. The zero-order valence-corrected chi connectivity index (χ0v) is 18.0. The minimum atomic E-state index is -0.909. The van der Waals surface area contributed by atoms with Crippen molar-refractivity contribution in [2.45, 2.75) is 78.1 Å². The fraction of sp³-hybridized carbons (Fsp3) is 0.667. The van der Waals surface area contributed by atoms with Gasteiger partial charge in [-0.1, -0.05) is 64.4 Å². The number of pyridine rings is 1. The molecule has 0 fully saturated rings. The smallest absolute Gasteiger partial charge is 0.496 e. The fourth-order valence-corrected chi connectivity index (χ4v) is 2.58. The van der Waals surface area contributed by atoms with Gasteiger partial charge in [-0.15, -0.1) is 0 Å². The second-order valence-electron chi connectivity index (χ2n) is 6.62. The van der Waals surface area contributed by atoms with Crippen LogP contribution in [0.2, 0.25) is 0 Å². The first-order valence-electron chi connectivity index (χ1n) is 10.1. The van der Waals surface area contributed by atoms with Crippen molar-refractivity contribution in [3.05, 3.63) is 30.1 Å². The number of halogens is 1. The molecular formula is C21H36ClN2O4-. The zero-order valence-electron chi connectivity index (χ0n) is 17.3. The van der Waals surface area contributed by atoms with Crippen LogP contribution >= 0.6 is 0 Å². The molecule has 1 aromatic rings. The number of unbranched alkanes of at least 4 members (excludes halogenated alkanes) is 8. The number of aliphatic hydroxyl groups is 1. The molecule has 0 aliphatic heterocycles. The number of aliphatic hydroxyl groups excluding tert-OH is 1. The van der Waals surface area contributed by atoms with Crippen molar-refractivity contribution in [1.29, 1.82) is 0 Å². The Labute approximate surface area is 175 Å². The minimum absolute atomic E-state index is 0. The van der Waals surface area contributed by atoms with E-state index < -0.39 is 5.97 Å². The average molecular weight is 416 g/mol. The van der Waals surface area contributed by atoms with Crippen molar-refractivity contribution in [2.24, 2.45) is 0 Å². The first-order valence-corrected chi connectivity index (χ1v) is 10.1. The molecule has 7 heteroatoms. The summed E-state index contributed by atoms with van der Waals surface area (Å²) in [4.78, 5) is 21.5. The number of hydrogen-bond donors (Lipinski definition) is 2. The number of carbonyl (C=O) groups is 2. The highest BCUT2D eigenvalue weighted by Gasteiger charge is 2.12. The Balaban J connectivity index is 0. The molecule has 0 atom stereocenters. The average Bonchev–Trinajstić information content (AvgIpc) is 2.65. The minimum Gasteiger partial charge on any atom is -1.00 e. The van der Waals surface area contributed by atoms with Crippen molar-refractivity contribution >= 4 is 12.0 Å². The molecule has 0 spiro atoms. The first-order chi connectivity index (χ1) is 13.0. The molecule has 0 bridgehead atoms. The van der Waals surface area contributed by atoms with Crippen molar-refractivity contribution < 1.29 is 36.8 Å². The van der Waals surface area contributed by atoms with Crippen LogP contribution < -0.4 is 27.4 Å². The number of carboxylic acids is 1. The third kappa shape index (κ3) is 16.5. The Morgan fingerprint density at radius 1 is 1.04 bits per heavy atom. The molecule has 0 saturated heterocycles. The Kier molecular flexibility index (Phi) is 20.5. The van der Waals surface area contributed by atoms with E-state index >= 15 is 0 Å². The highest BCUT2D eigenvalue weighted by molar-refractivity contribution is 5.64. The summed E-state index contributed by atoms with van der Waals surface area (Å²) in [5.41, 5.74) is 0.859. The quantitative estimate of drug-likeness (QED) is 0.355. The van der Waals surface area contributed by atoms with E-state index in [-0.39, 0.29) is 38.0 Å². The maximum Gasteiger partial charge on any atom is 0.496 e. The van der Waals surface area contributed by atoms with Gasteiger partial charge in [0.15, 0.2) is 0 Å². The van der Waals surface area contributed by atoms with Crippen molar-refractivity contribution in [1.82, 2.24) is 5.32 Å². The van der Waals surface area contributed by atoms with Gasteiger partial charge in [-0.05, 0) is 31.9 Å². The van der Waals surface area contributed by atoms with Gasteiger partial charge in [0, 0.05) is 5.97 Å². The predicted molar refractivity (Wildman–Crippen MR) is 104 cm³/mol. The third-order valence-electron chi connectivity index (χ3n) is 4.15. The number of hydrogen-bond acceptors (Lipinski definition) is 4. The normalized spacial score (nSPS) is 9.68. The Morgan fingerprint density at radius 2 is 1.61 bits per heavy atom. The van der Waals surface area contributed by atoms with Gasteiger partial charge in [0.1, 0.15) is 12.2 Å². The summed E-state index contributed by atoms with van der Waals surface area (Å²) in [6.45, 7) is 4.30. The summed E-state index contributed by atoms with van der Waals surface area (Å²) in [6.07, 6.45) is 12.8. The predicted octanol–water partition coefficient (Wildman–Crippen LogP) is -0.506. The number of aromatic nitrogens is 1. The van der Waals surface area contributed by atoms with Crippen LogP contribution in [-0.2, 0) is 4.79 Å². The summed E-state index contributed by atoms with van der Waals surface area (Å²) in [5.74, 6) is -0.909. The van der Waals surface area contributed by atoms with Gasteiger partial charge in [0.05, 0.1) is 12.8 Å². The molecule has 0 aliphatic carbocycles. The number of nitrogens with one attached hydrogen (secondary N) is 1. The molecular weight excluding hydrogens is 380 g/mol. The van der Waals surface area contributed by atoms with E-state index in [2.05, 4.69) is 12.2 Å². The third-order valence-corrected chi connectivity index (χ3v) is 4.15. The Bertz CT molecular complexity index is 527. The lowest BCUT2D eigenvalue weighted by atomic mass is 10.1. The molecule has 1 aromatic heterocycles. The molecule has 28 heavy (non-hydrogen) atoms. The number of carboxylic acid groups (broad SMARTS) is 1. The Hall–Kier alpha value is -1.66. The molecule has 0 aromatic carbocycles. The van der Waals surface area contributed by atoms with Gasteiger partial charge < -0.3 is 27.4 Å². The maximum atomic E-state index is 11.4. The SMILES string of the molecule is CCCCCCCCCCCC(=O)[O-].Cc1cccc[n+]1C(=O)NCCO.[Cl-]. The zero-order chi connectivity index (χ0) is 20.3. The van der Waals surface area contributed by atoms with Crippen LogP contribution in [0.3, 0.4) is 0 Å². The number of aliphatic carboxylic acids is 1. The van der Waals surface area contributed by atoms with Crippen LogP contribution in [0, 0.1) is 6.92 Å². The highest BCUT2D eigenvalue weighted by Crippen LogP contribution is 2.10. The van der Waals surface area contributed by atoms with Crippen LogP contribution in [0.25, 0.3) is 0 Å². The van der Waals surface area contributed by atoms with E-state index in [4.69, 9.17) is 5.11 Å². The second-order valence-corrected chi connectivity index (χ2v) is 6.62. The lowest BCUT2D eigenvalue weighted by Gasteiger charge is -2.02. The summed E-state index contributed by atoms with van der Waals surface area (Å²) < 4.78 is 1.50. The van der Waals surface area contributed by atoms with Crippen molar-refractivity contribution in [3.8, 4) is 0 Å². The maximum absolute atomic E-state index is 11.4. The number of amides is 1. The van der Waals surface area contributed by atoms with E-state index in [0.29, 0.717) is 0 Å². The standard InChI is InChI=1S/C12H24O2.C9H12N2O2.ClH/c1-2-3-4-5-6-7-8-9-10-11-12(13)14;1-8-4-2-3-6-11(8)9(13)10-5-7-12;/h2-11H2,1H3,(H,13,14);2-4,6,12H,5,7H2,1H3;1H/p-1. The van der Waals surface area contributed by atoms with E-state index in [1.54, 1.807) is 12.3 Å². The van der Waals surface area contributed by atoms with E-state index in [1.165, 1.54) is 49.5 Å². The van der Waals surface area contributed by atoms with Crippen LogP contribution in [0.4, 0.5) is 4.79 Å². The van der Waals surface area contributed by atoms with E-state index in [9.17, 15) is 14.7 Å². The van der Waals surface area contributed by atoms with Gasteiger partial charge in [0.2, 0.25) is 0 Å². The molecule has 1 heterocycles. The van der Waals surface area contributed by atoms with Gasteiger partial charge >= 0.3 is 6.03 Å². The fourth-order valence-electron chi connectivity index (χ4n) is 2.58. The molecule has 1 rings (SSSR count). The van der Waals surface area contributed by atoms with Gasteiger partial charge in [-0.25, -0.2) is 5.32 Å². The molecule has 6 nitrogen and oxygen atoms in total. The molecule has 0 radical (unpaired) electrons. The van der Waals surface area contributed by atoms with Crippen LogP contribution in [-0.4, -0.2) is 30.3 Å². The summed E-state index contributed by atoms with van der Waals surface area (Å²) in [7, 11) is 0. The summed E-state index contributed by atoms with van der Waals surface area (Å²) in [6, 6.07) is 5.28. The summed E-state index contributed by atoms with van der Waals surface area (Å²) in [5, 5.41) is 21.2. The van der Waals surface area contributed by atoms with Crippen LogP contribution in [0.5, 0.6) is 0 Å². The largest absolute Gasteiger partial charge is 1.00 e. The van der Waals surface area contributed by atoms with E-state index in [0.717, 1.165) is 18.5 Å². The van der Waals surface area contributed by atoms with Crippen LogP contribution in [0.15, 0.2) is 24.4 Å². The lowest BCUT2D eigenvalue weighted by Crippen LogP contribution is -3.00. The molecule has 1 amide bonds. The molecule has 2 N–H and O–H groups in total. The monoisotopic (exact) mass is 415 g/mol. The second kappa shape index (κ2) is 20.1. The van der Waals surface area contributed by atoms with Crippen molar-refractivity contribution in [2.75, 3.05) is 13.2 Å². The molecule has 162 valence electrons. The number of aryl methyl sites for hydroxylation is 1.